The number of nitrogens with zero attached hydrogens (tertiary/aromatic N) is 7. The fourth-order valence-corrected chi connectivity index (χ4v) is 3.84. The topological polar surface area (TPSA) is 61.3 Å². The van der Waals surface area contributed by atoms with E-state index in [-0.39, 0.29) is 0 Å². The fraction of sp³-hybridized carbons (Fsp3) is 0.368. The average molecular weight is 347 g/mol. The molecule has 0 saturated carbocycles. The third kappa shape index (κ3) is 2.74. The summed E-state index contributed by atoms with van der Waals surface area (Å²) in [5, 5.41) is 1.14. The molecule has 0 aliphatic carbocycles. The maximum absolute atomic E-state index is 4.53. The number of hydrogen-bond acceptors (Lipinski definition) is 7. The number of para-hydroxylation sites is 1. The molecule has 0 unspecified atom stereocenters. The first-order valence-electron chi connectivity index (χ1n) is 9.09. The van der Waals surface area contributed by atoms with Crippen molar-refractivity contribution in [2.75, 3.05) is 49.1 Å². The van der Waals surface area contributed by atoms with Gasteiger partial charge in [0, 0.05) is 63.1 Å². The predicted molar refractivity (Wildman–Crippen MR) is 101 cm³/mol. The summed E-state index contributed by atoms with van der Waals surface area (Å²) < 4.78 is 0. The minimum Gasteiger partial charge on any atom is -0.353 e. The van der Waals surface area contributed by atoms with E-state index in [1.807, 2.05) is 30.6 Å². The first kappa shape index (κ1) is 15.5. The molecule has 0 N–H and O–H groups in total. The van der Waals surface area contributed by atoms with Gasteiger partial charge in [0.2, 0.25) is 5.95 Å². The van der Waals surface area contributed by atoms with E-state index in [4.69, 9.17) is 0 Å². The number of hydrogen-bond donors (Lipinski definition) is 0. The Morgan fingerprint density at radius 1 is 0.769 bits per heavy atom. The van der Waals surface area contributed by atoms with Crippen molar-refractivity contribution in [1.82, 2.24) is 24.8 Å². The zero-order valence-corrected chi connectivity index (χ0v) is 14.6. The Balaban J connectivity index is 1.21. The Hall–Kier alpha value is -2.80. The molecule has 7 heteroatoms. The first-order chi connectivity index (χ1) is 12.9. The Kier molecular flexibility index (Phi) is 3.86. The van der Waals surface area contributed by atoms with Crippen LogP contribution in [0.15, 0.2) is 49.1 Å². The second-order valence-corrected chi connectivity index (χ2v) is 6.85. The summed E-state index contributed by atoms with van der Waals surface area (Å²) >= 11 is 0. The summed E-state index contributed by atoms with van der Waals surface area (Å²) in [5.74, 6) is 1.90. The van der Waals surface area contributed by atoms with Gasteiger partial charge in [-0.3, -0.25) is 4.90 Å². The van der Waals surface area contributed by atoms with Crippen molar-refractivity contribution in [3.05, 3.63) is 49.1 Å². The molecule has 1 aromatic carbocycles. The SMILES string of the molecule is c1cnc(N2CCN(C3CN(c4ncnc5ccccc45)C3)CC2)nc1. The van der Waals surface area contributed by atoms with E-state index < -0.39 is 0 Å². The fourth-order valence-electron chi connectivity index (χ4n) is 3.84. The van der Waals surface area contributed by atoms with E-state index >= 15 is 0 Å². The Bertz CT molecular complexity index is 881. The van der Waals surface area contributed by atoms with Gasteiger partial charge < -0.3 is 9.80 Å². The van der Waals surface area contributed by atoms with E-state index in [9.17, 15) is 0 Å². The number of benzene rings is 1. The van der Waals surface area contributed by atoms with Crippen LogP contribution in [0.4, 0.5) is 11.8 Å². The van der Waals surface area contributed by atoms with Gasteiger partial charge in [0.15, 0.2) is 0 Å². The van der Waals surface area contributed by atoms with Crippen molar-refractivity contribution in [2.45, 2.75) is 6.04 Å². The van der Waals surface area contributed by atoms with Crippen LogP contribution in [0, 0.1) is 0 Å². The van der Waals surface area contributed by atoms with Gasteiger partial charge in [-0.15, -0.1) is 0 Å². The number of anilines is 2. The minimum absolute atomic E-state index is 0.600. The number of rotatable bonds is 3. The van der Waals surface area contributed by atoms with E-state index in [0.717, 1.165) is 61.9 Å². The molecule has 0 radical (unpaired) electrons. The highest BCUT2D eigenvalue weighted by molar-refractivity contribution is 5.89. The van der Waals surface area contributed by atoms with Crippen LogP contribution in [0.5, 0.6) is 0 Å². The highest BCUT2D eigenvalue weighted by Gasteiger charge is 2.35. The summed E-state index contributed by atoms with van der Waals surface area (Å²) in [6.45, 7) is 6.14. The molecule has 2 aromatic heterocycles. The number of piperazine rings is 1. The molecule has 132 valence electrons. The van der Waals surface area contributed by atoms with Crippen LogP contribution >= 0.6 is 0 Å². The molecule has 26 heavy (non-hydrogen) atoms. The van der Waals surface area contributed by atoms with Crippen LogP contribution < -0.4 is 9.80 Å². The molecule has 2 aliphatic rings. The van der Waals surface area contributed by atoms with Crippen LogP contribution in [0.1, 0.15) is 0 Å². The molecule has 7 nitrogen and oxygen atoms in total. The quantitative estimate of drug-likeness (QED) is 0.710. The zero-order chi connectivity index (χ0) is 17.3. The largest absolute Gasteiger partial charge is 0.353 e. The molecule has 0 atom stereocenters. The van der Waals surface area contributed by atoms with Crippen molar-refractivity contribution >= 4 is 22.7 Å². The monoisotopic (exact) mass is 347 g/mol. The Morgan fingerprint density at radius 3 is 2.35 bits per heavy atom. The van der Waals surface area contributed by atoms with Gasteiger partial charge >= 0.3 is 0 Å². The summed E-state index contributed by atoms with van der Waals surface area (Å²) in [5.41, 5.74) is 1.01. The summed E-state index contributed by atoms with van der Waals surface area (Å²) in [7, 11) is 0. The first-order valence-corrected chi connectivity index (χ1v) is 9.09. The standard InChI is InChI=1S/C19H21N7/c1-2-5-17-16(4-1)18(23-14-22-17)26-12-15(13-26)24-8-10-25(11-9-24)19-20-6-3-7-21-19/h1-7,14-15H,8-13H2. The van der Waals surface area contributed by atoms with E-state index in [0.29, 0.717) is 6.04 Å². The van der Waals surface area contributed by atoms with Gasteiger partial charge in [-0.05, 0) is 18.2 Å². The van der Waals surface area contributed by atoms with Crippen molar-refractivity contribution in [1.29, 1.82) is 0 Å². The molecule has 0 bridgehead atoms. The van der Waals surface area contributed by atoms with Crippen molar-refractivity contribution in [3.8, 4) is 0 Å². The highest BCUT2D eigenvalue weighted by Crippen LogP contribution is 2.28. The smallest absolute Gasteiger partial charge is 0.225 e. The molecular formula is C19H21N7. The molecule has 4 heterocycles. The average Bonchev–Trinajstić information content (AvgIpc) is 2.68. The molecule has 0 amide bonds. The van der Waals surface area contributed by atoms with Gasteiger partial charge in [0.1, 0.15) is 12.1 Å². The lowest BCUT2D eigenvalue weighted by molar-refractivity contribution is 0.156. The van der Waals surface area contributed by atoms with Crippen LogP contribution in [-0.4, -0.2) is 70.1 Å². The van der Waals surface area contributed by atoms with Crippen molar-refractivity contribution in [3.63, 3.8) is 0 Å². The lowest BCUT2D eigenvalue weighted by atomic mass is 10.0. The van der Waals surface area contributed by atoms with E-state index in [1.54, 1.807) is 6.33 Å². The molecule has 2 saturated heterocycles. The second-order valence-electron chi connectivity index (χ2n) is 6.85. The van der Waals surface area contributed by atoms with Gasteiger partial charge in [-0.1, -0.05) is 12.1 Å². The third-order valence-electron chi connectivity index (χ3n) is 5.35. The van der Waals surface area contributed by atoms with Crippen molar-refractivity contribution < 1.29 is 0 Å². The second kappa shape index (κ2) is 6.49. The molecule has 0 spiro atoms. The number of fused-ring (bicyclic) bond motifs is 1. The van der Waals surface area contributed by atoms with Crippen molar-refractivity contribution in [2.24, 2.45) is 0 Å². The van der Waals surface area contributed by atoms with E-state index in [2.05, 4.69) is 46.8 Å². The molecule has 2 aliphatic heterocycles. The molecule has 2 fully saturated rings. The molecule has 3 aromatic rings. The highest BCUT2D eigenvalue weighted by atomic mass is 15.4. The molecule has 5 rings (SSSR count). The van der Waals surface area contributed by atoms with Gasteiger partial charge in [-0.2, -0.15) is 0 Å². The van der Waals surface area contributed by atoms with E-state index in [1.165, 1.54) is 0 Å². The van der Waals surface area contributed by atoms with Gasteiger partial charge in [-0.25, -0.2) is 19.9 Å². The number of aromatic nitrogens is 4. The zero-order valence-electron chi connectivity index (χ0n) is 14.6. The van der Waals surface area contributed by atoms with Crippen LogP contribution in [0.2, 0.25) is 0 Å². The maximum Gasteiger partial charge on any atom is 0.225 e. The maximum atomic E-state index is 4.53. The Labute approximate surface area is 152 Å². The summed E-state index contributed by atoms with van der Waals surface area (Å²) in [4.78, 5) is 24.8. The van der Waals surface area contributed by atoms with Crippen LogP contribution in [-0.2, 0) is 0 Å². The summed E-state index contributed by atoms with van der Waals surface area (Å²) in [6, 6.07) is 10.7. The predicted octanol–water partition coefficient (Wildman–Crippen LogP) is 1.43. The van der Waals surface area contributed by atoms with Crippen LogP contribution in [0.3, 0.4) is 0 Å². The van der Waals surface area contributed by atoms with Gasteiger partial charge in [0.05, 0.1) is 5.52 Å². The third-order valence-corrected chi connectivity index (χ3v) is 5.35. The lowest BCUT2D eigenvalue weighted by Crippen LogP contribution is -2.63. The van der Waals surface area contributed by atoms with Gasteiger partial charge in [0.25, 0.3) is 0 Å². The lowest BCUT2D eigenvalue weighted by Gasteiger charge is -2.48. The minimum atomic E-state index is 0.600. The molecular weight excluding hydrogens is 326 g/mol. The normalized spacial score (nSPS) is 18.9. The summed E-state index contributed by atoms with van der Waals surface area (Å²) in [6.07, 6.45) is 5.29. The Morgan fingerprint density at radius 2 is 1.54 bits per heavy atom. The van der Waals surface area contributed by atoms with Crippen LogP contribution in [0.25, 0.3) is 10.9 Å².